The zero-order valence-corrected chi connectivity index (χ0v) is 17.6. The van der Waals surface area contributed by atoms with Gasteiger partial charge in [-0.3, -0.25) is 15.1 Å². The number of carbonyl (C=O) groups is 1. The molecule has 2 aromatic carbocycles. The van der Waals surface area contributed by atoms with Gasteiger partial charge in [-0.15, -0.1) is 5.10 Å². The van der Waals surface area contributed by atoms with Crippen LogP contribution in [0.25, 0.3) is 5.70 Å². The van der Waals surface area contributed by atoms with E-state index >= 15 is 0 Å². The Morgan fingerprint density at radius 3 is 2.93 bits per heavy atom. The number of hydrogen-bond acceptors (Lipinski definition) is 5. The van der Waals surface area contributed by atoms with Gasteiger partial charge in [0, 0.05) is 21.0 Å². The number of thioether (sulfide) groups is 1. The lowest BCUT2D eigenvalue weighted by Crippen LogP contribution is -2.50. The number of fused-ring (bicyclic) bond motifs is 2. The van der Waals surface area contributed by atoms with Crippen LogP contribution in [0.15, 0.2) is 57.0 Å². The van der Waals surface area contributed by atoms with E-state index in [1.54, 1.807) is 17.1 Å². The first-order valence-electron chi connectivity index (χ1n) is 9.02. The number of hydrazone groups is 1. The van der Waals surface area contributed by atoms with Gasteiger partial charge in [-0.2, -0.15) is 0 Å². The maximum absolute atomic E-state index is 13.9. The highest BCUT2D eigenvalue weighted by molar-refractivity contribution is 9.10. The maximum atomic E-state index is 13.9. The van der Waals surface area contributed by atoms with Crippen LogP contribution in [0.2, 0.25) is 0 Å². The molecule has 0 saturated heterocycles. The van der Waals surface area contributed by atoms with Crippen molar-refractivity contribution in [2.45, 2.75) is 25.9 Å². The molecule has 2 aliphatic heterocycles. The van der Waals surface area contributed by atoms with E-state index in [4.69, 9.17) is 4.99 Å². The lowest BCUT2D eigenvalue weighted by molar-refractivity contribution is -0.116. The summed E-state index contributed by atoms with van der Waals surface area (Å²) in [5.41, 5.74) is 1.06. The van der Waals surface area contributed by atoms with Crippen LogP contribution in [0.3, 0.4) is 0 Å². The Labute approximate surface area is 174 Å². The second-order valence-corrected chi connectivity index (χ2v) is 8.47. The number of halogens is 2. The van der Waals surface area contributed by atoms with Crippen molar-refractivity contribution < 1.29 is 9.18 Å². The number of hydrogen-bond donors (Lipinski definition) is 1. The number of nitrogens with one attached hydrogen (secondary N) is 1. The molecule has 0 unspecified atom stereocenters. The molecule has 144 valence electrons. The van der Waals surface area contributed by atoms with Crippen LogP contribution < -0.4 is 15.9 Å². The van der Waals surface area contributed by atoms with Gasteiger partial charge in [-0.05, 0) is 36.8 Å². The fourth-order valence-corrected chi connectivity index (χ4v) is 4.41. The molecule has 0 bridgehead atoms. The highest BCUT2D eigenvalue weighted by Crippen LogP contribution is 2.31. The second-order valence-electron chi connectivity index (χ2n) is 6.47. The lowest BCUT2D eigenvalue weighted by atomic mass is 10.1. The zero-order chi connectivity index (χ0) is 19.7. The summed E-state index contributed by atoms with van der Waals surface area (Å²) in [6.07, 6.45) is 1.49. The summed E-state index contributed by atoms with van der Waals surface area (Å²) in [7, 11) is 0. The summed E-state index contributed by atoms with van der Waals surface area (Å²) in [6, 6.07) is 11.8. The Kier molecular flexibility index (Phi) is 5.50. The first kappa shape index (κ1) is 19.1. The molecule has 28 heavy (non-hydrogen) atoms. The summed E-state index contributed by atoms with van der Waals surface area (Å²) < 4.78 is 14.7. The monoisotopic (exact) mass is 460 g/mol. The van der Waals surface area contributed by atoms with Gasteiger partial charge in [0.05, 0.1) is 5.36 Å². The van der Waals surface area contributed by atoms with E-state index in [9.17, 15) is 9.18 Å². The van der Waals surface area contributed by atoms with Gasteiger partial charge in [0.15, 0.2) is 11.3 Å². The third-order valence-electron chi connectivity index (χ3n) is 4.45. The van der Waals surface area contributed by atoms with E-state index in [1.165, 1.54) is 23.9 Å². The average molecular weight is 461 g/mol. The van der Waals surface area contributed by atoms with Crippen molar-refractivity contribution in [1.82, 2.24) is 10.3 Å². The Morgan fingerprint density at radius 2 is 2.14 bits per heavy atom. The number of amides is 1. The van der Waals surface area contributed by atoms with Crippen LogP contribution in [0.4, 0.5) is 4.39 Å². The third kappa shape index (κ3) is 3.71. The van der Waals surface area contributed by atoms with Crippen LogP contribution >= 0.6 is 27.7 Å². The number of carbonyl (C=O) groups excluding carboxylic acids is 1. The molecule has 8 heteroatoms. The van der Waals surface area contributed by atoms with E-state index in [2.05, 4.69) is 33.3 Å². The predicted molar refractivity (Wildman–Crippen MR) is 112 cm³/mol. The van der Waals surface area contributed by atoms with Gasteiger partial charge >= 0.3 is 0 Å². The molecule has 0 aromatic heterocycles. The summed E-state index contributed by atoms with van der Waals surface area (Å²) in [4.78, 5) is 17.7. The summed E-state index contributed by atoms with van der Waals surface area (Å²) in [5, 5.41) is 11.1. The molecule has 0 aliphatic carbocycles. The minimum absolute atomic E-state index is 0.232. The molecule has 1 amide bonds. The lowest BCUT2D eigenvalue weighted by Gasteiger charge is -2.34. The molecule has 1 atom stereocenters. The summed E-state index contributed by atoms with van der Waals surface area (Å²) in [6.45, 7) is 2.12. The fraction of sp³-hybridized carbons (Fsp3) is 0.250. The highest BCUT2D eigenvalue weighted by Gasteiger charge is 2.34. The Balaban J connectivity index is 1.87. The largest absolute Gasteiger partial charge is 0.298 e. The number of nitrogens with zero attached hydrogens (tertiary/aromatic N) is 3. The van der Waals surface area contributed by atoms with Crippen LogP contribution in [-0.2, 0) is 4.79 Å². The first-order chi connectivity index (χ1) is 13.6. The van der Waals surface area contributed by atoms with E-state index in [0.717, 1.165) is 23.1 Å². The quantitative estimate of drug-likeness (QED) is 0.712. The smallest absolute Gasteiger partial charge is 0.276 e. The van der Waals surface area contributed by atoms with Crippen LogP contribution in [0.1, 0.15) is 31.5 Å². The number of rotatable bonds is 4. The molecule has 0 spiro atoms. The minimum atomic E-state index is -0.604. The first-order valence-corrected chi connectivity index (χ1v) is 10.8. The van der Waals surface area contributed by atoms with Crippen LogP contribution in [-0.4, -0.2) is 21.8 Å². The summed E-state index contributed by atoms with van der Waals surface area (Å²) >= 11 is 4.96. The molecule has 4 rings (SSSR count). The fourth-order valence-electron chi connectivity index (χ4n) is 3.11. The van der Waals surface area contributed by atoms with Crippen LogP contribution in [0, 0.1) is 5.82 Å². The van der Waals surface area contributed by atoms with Crippen molar-refractivity contribution in [3.05, 3.63) is 68.9 Å². The molecule has 1 N–H and O–H groups in total. The average Bonchev–Trinajstić information content (AvgIpc) is 2.67. The minimum Gasteiger partial charge on any atom is -0.298 e. The normalized spacial score (nSPS) is 18.0. The summed E-state index contributed by atoms with van der Waals surface area (Å²) in [5.74, 6) is 0.284. The molecule has 2 aliphatic rings. The SMILES string of the molecule is CCCCSC1=NN2C(=c3cc(Br)ccc3=N[C@@H]2c2cccc(F)c2)C(=O)N1. The van der Waals surface area contributed by atoms with Crippen molar-refractivity contribution in [3.63, 3.8) is 0 Å². The van der Waals surface area contributed by atoms with Crippen molar-refractivity contribution >= 4 is 44.5 Å². The molecule has 0 radical (unpaired) electrons. The standard InChI is InChI=1S/C20H18BrFN4OS/c1-2-3-9-28-20-24-19(27)17-15-11-13(21)7-8-16(15)23-18(26(17)25-20)12-5-4-6-14(22)10-12/h4-8,10-11,18H,2-3,9H2,1H3,(H,24,25,27)/t18-/m0/s1. The van der Waals surface area contributed by atoms with Gasteiger partial charge in [0.2, 0.25) is 0 Å². The van der Waals surface area contributed by atoms with E-state index in [1.807, 2.05) is 18.2 Å². The van der Waals surface area contributed by atoms with E-state index < -0.39 is 6.17 Å². The van der Waals surface area contributed by atoms with Gasteiger partial charge in [0.25, 0.3) is 5.91 Å². The predicted octanol–water partition coefficient (Wildman–Crippen LogP) is 3.26. The highest BCUT2D eigenvalue weighted by atomic mass is 79.9. The van der Waals surface area contributed by atoms with Crippen molar-refractivity contribution in [1.29, 1.82) is 0 Å². The Hall–Kier alpha value is -2.19. The molecule has 0 fully saturated rings. The van der Waals surface area contributed by atoms with Crippen molar-refractivity contribution in [2.24, 2.45) is 10.1 Å². The van der Waals surface area contributed by atoms with Gasteiger partial charge in [-0.25, -0.2) is 9.40 Å². The van der Waals surface area contributed by atoms with Gasteiger partial charge in [-0.1, -0.05) is 53.2 Å². The van der Waals surface area contributed by atoms with Gasteiger partial charge in [0.1, 0.15) is 11.5 Å². The Morgan fingerprint density at radius 1 is 1.29 bits per heavy atom. The zero-order valence-electron chi connectivity index (χ0n) is 15.2. The molecule has 0 saturated carbocycles. The topological polar surface area (TPSA) is 57.1 Å². The van der Waals surface area contributed by atoms with Crippen LogP contribution in [0.5, 0.6) is 0 Å². The molecular formula is C20H18BrFN4OS. The Bertz CT molecular complexity index is 1090. The second kappa shape index (κ2) is 8.05. The van der Waals surface area contributed by atoms with E-state index in [-0.39, 0.29) is 11.7 Å². The third-order valence-corrected chi connectivity index (χ3v) is 5.90. The van der Waals surface area contributed by atoms with Gasteiger partial charge < -0.3 is 0 Å². The van der Waals surface area contributed by atoms with E-state index in [0.29, 0.717) is 27.0 Å². The molecule has 5 nitrogen and oxygen atoms in total. The molecular weight excluding hydrogens is 443 g/mol. The number of amidine groups is 1. The molecule has 2 heterocycles. The maximum Gasteiger partial charge on any atom is 0.276 e. The molecule has 2 aromatic rings. The number of unbranched alkanes of at least 4 members (excludes halogenated alkanes) is 1. The number of benzene rings is 2. The van der Waals surface area contributed by atoms with Crippen molar-refractivity contribution in [3.8, 4) is 0 Å². The van der Waals surface area contributed by atoms with Crippen molar-refractivity contribution in [2.75, 3.05) is 5.75 Å².